The topological polar surface area (TPSA) is 17.8 Å². The van der Waals surface area contributed by atoms with E-state index in [1.165, 1.54) is 5.69 Å². The van der Waals surface area contributed by atoms with Crippen LogP contribution in [0.3, 0.4) is 0 Å². The second-order valence-electron chi connectivity index (χ2n) is 4.31. The van der Waals surface area contributed by atoms with Gasteiger partial charge < -0.3 is 0 Å². The Balaban J connectivity index is 2.62. The van der Waals surface area contributed by atoms with Gasteiger partial charge in [0.15, 0.2) is 0 Å². The molecule has 90 valence electrons. The summed E-state index contributed by atoms with van der Waals surface area (Å²) < 4.78 is 4.10. The number of hydrogen-bond acceptors (Lipinski definition) is 1. The fraction of sp³-hybridized carbons (Fsp3) is 0.308. The molecule has 0 saturated carbocycles. The van der Waals surface area contributed by atoms with E-state index in [4.69, 9.17) is 0 Å². The highest BCUT2D eigenvalue weighted by Gasteiger charge is 2.18. The van der Waals surface area contributed by atoms with Gasteiger partial charge in [0.25, 0.3) is 0 Å². The summed E-state index contributed by atoms with van der Waals surface area (Å²) in [6.07, 6.45) is 0. The maximum atomic E-state index is 4.60. The zero-order chi connectivity index (χ0) is 12.6. The zero-order valence-electron chi connectivity index (χ0n) is 10.0. The van der Waals surface area contributed by atoms with Gasteiger partial charge in [0.1, 0.15) is 5.69 Å². The van der Waals surface area contributed by atoms with Crippen molar-refractivity contribution in [3.8, 4) is 11.3 Å². The van der Waals surface area contributed by atoms with E-state index >= 15 is 0 Å². The van der Waals surface area contributed by atoms with Crippen LogP contribution in [0, 0.1) is 0 Å². The van der Waals surface area contributed by atoms with Crippen LogP contribution >= 0.6 is 31.9 Å². The summed E-state index contributed by atoms with van der Waals surface area (Å²) >= 11 is 7.24. The average molecular weight is 358 g/mol. The Bertz CT molecular complexity index is 544. The number of halogens is 2. The van der Waals surface area contributed by atoms with Crippen molar-refractivity contribution in [1.29, 1.82) is 0 Å². The van der Waals surface area contributed by atoms with Crippen molar-refractivity contribution in [2.45, 2.75) is 19.8 Å². The second-order valence-corrected chi connectivity index (χ2v) is 5.95. The molecule has 0 spiro atoms. The summed E-state index contributed by atoms with van der Waals surface area (Å²) in [4.78, 5) is 0. The number of rotatable bonds is 2. The molecule has 0 amide bonds. The van der Waals surface area contributed by atoms with Crippen molar-refractivity contribution >= 4 is 31.9 Å². The van der Waals surface area contributed by atoms with Crippen LogP contribution in [0.15, 0.2) is 33.2 Å². The molecule has 1 heterocycles. The molecule has 0 radical (unpaired) electrons. The minimum atomic E-state index is 0.443. The van der Waals surface area contributed by atoms with Gasteiger partial charge >= 0.3 is 0 Å². The Hall–Kier alpha value is -0.610. The van der Waals surface area contributed by atoms with Gasteiger partial charge in [-0.2, -0.15) is 5.10 Å². The first-order valence-electron chi connectivity index (χ1n) is 5.49. The molecule has 1 aromatic carbocycles. The lowest BCUT2D eigenvalue weighted by Crippen LogP contribution is -1.99. The van der Waals surface area contributed by atoms with Crippen LogP contribution in [-0.2, 0) is 7.05 Å². The van der Waals surface area contributed by atoms with E-state index in [2.05, 4.69) is 56.9 Å². The van der Waals surface area contributed by atoms with Crippen molar-refractivity contribution in [3.05, 3.63) is 38.9 Å². The van der Waals surface area contributed by atoms with Crippen LogP contribution in [0.1, 0.15) is 25.5 Å². The van der Waals surface area contributed by atoms with Gasteiger partial charge in [-0.05, 0) is 27.9 Å². The summed E-state index contributed by atoms with van der Waals surface area (Å²) in [6.45, 7) is 4.34. The van der Waals surface area contributed by atoms with Crippen LogP contribution < -0.4 is 0 Å². The molecule has 0 aliphatic carbocycles. The Kier molecular flexibility index (Phi) is 3.73. The molecule has 4 heteroatoms. The number of aromatic nitrogens is 2. The molecular weight excluding hydrogens is 344 g/mol. The lowest BCUT2D eigenvalue weighted by Gasteiger charge is -2.05. The van der Waals surface area contributed by atoms with E-state index < -0.39 is 0 Å². The Morgan fingerprint density at radius 3 is 2.35 bits per heavy atom. The predicted octanol–water partition coefficient (Wildman–Crippen LogP) is 4.74. The van der Waals surface area contributed by atoms with E-state index in [1.807, 2.05) is 29.9 Å². The molecule has 0 saturated heterocycles. The minimum absolute atomic E-state index is 0.443. The van der Waals surface area contributed by atoms with Crippen LogP contribution in [0.2, 0.25) is 0 Å². The largest absolute Gasteiger partial charge is 0.271 e. The molecule has 0 unspecified atom stereocenters. The molecule has 2 aromatic rings. The van der Waals surface area contributed by atoms with E-state index in [-0.39, 0.29) is 0 Å². The standard InChI is InChI=1S/C13H14Br2N2/c1-8(2)13-11(15)12(16-17(13)3)9-6-4-5-7-10(9)14/h4-8H,1-3H3. The van der Waals surface area contributed by atoms with Crippen LogP contribution in [-0.4, -0.2) is 9.78 Å². The molecule has 0 aliphatic rings. The monoisotopic (exact) mass is 356 g/mol. The molecule has 2 rings (SSSR count). The minimum Gasteiger partial charge on any atom is -0.271 e. The molecule has 17 heavy (non-hydrogen) atoms. The lowest BCUT2D eigenvalue weighted by atomic mass is 10.1. The fourth-order valence-corrected chi connectivity index (χ4v) is 3.44. The molecule has 1 aromatic heterocycles. The summed E-state index contributed by atoms with van der Waals surface area (Å²) in [5.74, 6) is 0.443. The molecule has 2 nitrogen and oxygen atoms in total. The van der Waals surface area contributed by atoms with Crippen molar-refractivity contribution < 1.29 is 0 Å². The lowest BCUT2D eigenvalue weighted by molar-refractivity contribution is 0.668. The van der Waals surface area contributed by atoms with E-state index in [0.717, 1.165) is 20.2 Å². The Labute approximate surface area is 118 Å². The number of nitrogens with zero attached hydrogens (tertiary/aromatic N) is 2. The Morgan fingerprint density at radius 1 is 1.18 bits per heavy atom. The fourth-order valence-electron chi connectivity index (χ4n) is 1.96. The SMILES string of the molecule is CC(C)c1c(Br)c(-c2ccccc2Br)nn1C. The molecule has 0 atom stereocenters. The molecule has 0 N–H and O–H groups in total. The van der Waals surface area contributed by atoms with Gasteiger partial charge in [0, 0.05) is 17.1 Å². The molecule has 0 aliphatic heterocycles. The summed E-state index contributed by atoms with van der Waals surface area (Å²) in [5, 5.41) is 4.60. The van der Waals surface area contributed by atoms with E-state index in [0.29, 0.717) is 5.92 Å². The molecular formula is C13H14Br2N2. The first kappa shape index (κ1) is 12.8. The summed E-state index contributed by atoms with van der Waals surface area (Å²) in [5.41, 5.74) is 3.32. The van der Waals surface area contributed by atoms with E-state index in [9.17, 15) is 0 Å². The zero-order valence-corrected chi connectivity index (χ0v) is 13.2. The predicted molar refractivity (Wildman–Crippen MR) is 78.1 cm³/mol. The van der Waals surface area contributed by atoms with Crippen LogP contribution in [0.5, 0.6) is 0 Å². The summed E-state index contributed by atoms with van der Waals surface area (Å²) in [6, 6.07) is 8.14. The quantitative estimate of drug-likeness (QED) is 0.759. The van der Waals surface area contributed by atoms with Crippen LogP contribution in [0.4, 0.5) is 0 Å². The maximum Gasteiger partial charge on any atom is 0.108 e. The highest BCUT2D eigenvalue weighted by molar-refractivity contribution is 9.11. The van der Waals surface area contributed by atoms with Crippen molar-refractivity contribution in [3.63, 3.8) is 0 Å². The normalized spacial score (nSPS) is 11.2. The summed E-state index contributed by atoms with van der Waals surface area (Å²) in [7, 11) is 1.99. The van der Waals surface area contributed by atoms with Gasteiger partial charge in [-0.25, -0.2) is 0 Å². The van der Waals surface area contributed by atoms with Crippen molar-refractivity contribution in [2.75, 3.05) is 0 Å². The highest BCUT2D eigenvalue weighted by atomic mass is 79.9. The van der Waals surface area contributed by atoms with Gasteiger partial charge in [-0.15, -0.1) is 0 Å². The Morgan fingerprint density at radius 2 is 1.82 bits per heavy atom. The van der Waals surface area contributed by atoms with Gasteiger partial charge in [0.05, 0.1) is 10.2 Å². The van der Waals surface area contributed by atoms with Crippen molar-refractivity contribution in [1.82, 2.24) is 9.78 Å². The van der Waals surface area contributed by atoms with Gasteiger partial charge in [-0.1, -0.05) is 48.0 Å². The molecule has 0 fully saturated rings. The third-order valence-corrected chi connectivity index (χ3v) is 4.18. The van der Waals surface area contributed by atoms with Crippen LogP contribution in [0.25, 0.3) is 11.3 Å². The van der Waals surface area contributed by atoms with Gasteiger partial charge in [-0.3, -0.25) is 4.68 Å². The third-order valence-electron chi connectivity index (χ3n) is 2.71. The second kappa shape index (κ2) is 4.94. The first-order chi connectivity index (χ1) is 8.02. The third kappa shape index (κ3) is 2.33. The average Bonchev–Trinajstić information content (AvgIpc) is 2.55. The smallest absolute Gasteiger partial charge is 0.108 e. The van der Waals surface area contributed by atoms with Crippen molar-refractivity contribution in [2.24, 2.45) is 7.05 Å². The number of hydrogen-bond donors (Lipinski definition) is 0. The molecule has 0 bridgehead atoms. The number of aryl methyl sites for hydroxylation is 1. The number of benzene rings is 1. The highest BCUT2D eigenvalue weighted by Crippen LogP contribution is 2.36. The maximum absolute atomic E-state index is 4.60. The van der Waals surface area contributed by atoms with E-state index in [1.54, 1.807) is 0 Å². The van der Waals surface area contributed by atoms with Gasteiger partial charge in [0.2, 0.25) is 0 Å². The first-order valence-corrected chi connectivity index (χ1v) is 7.08.